The quantitative estimate of drug-likeness (QED) is 0.765. The molecule has 0 spiro atoms. The molecule has 2 saturated heterocycles. The Labute approximate surface area is 138 Å². The van der Waals surface area contributed by atoms with E-state index in [1.54, 1.807) is 0 Å². The molecular weight excluding hydrogens is 296 g/mol. The molecule has 0 aromatic rings. The number of rotatable bonds is 1. The summed E-state index contributed by atoms with van der Waals surface area (Å²) in [5, 5.41) is 2.89. The summed E-state index contributed by atoms with van der Waals surface area (Å²) in [6.45, 7) is 8.29. The number of likely N-dealkylation sites (tertiary alicyclic amines) is 2. The number of hydrogen-bond donors (Lipinski definition) is 2. The van der Waals surface area contributed by atoms with E-state index in [0.717, 1.165) is 32.2 Å². The van der Waals surface area contributed by atoms with E-state index in [1.807, 2.05) is 30.6 Å². The summed E-state index contributed by atoms with van der Waals surface area (Å²) < 4.78 is 5.27. The van der Waals surface area contributed by atoms with Crippen LogP contribution in [0.1, 0.15) is 46.5 Å². The van der Waals surface area contributed by atoms with Crippen molar-refractivity contribution < 1.29 is 14.3 Å². The van der Waals surface area contributed by atoms with Crippen LogP contribution in [0, 0.1) is 0 Å². The smallest absolute Gasteiger partial charge is 0.407 e. The molecule has 0 saturated carbocycles. The number of nitrogens with one attached hydrogen (secondary N) is 1. The van der Waals surface area contributed by atoms with E-state index in [0.29, 0.717) is 19.6 Å². The predicted molar refractivity (Wildman–Crippen MR) is 88.1 cm³/mol. The molecule has 3 N–H and O–H groups in total. The Kier molecular flexibility index (Phi) is 5.73. The van der Waals surface area contributed by atoms with Crippen LogP contribution in [0.15, 0.2) is 0 Å². The largest absolute Gasteiger partial charge is 0.444 e. The van der Waals surface area contributed by atoms with Crippen molar-refractivity contribution in [3.8, 4) is 0 Å². The Morgan fingerprint density at radius 1 is 1.09 bits per heavy atom. The van der Waals surface area contributed by atoms with Crippen LogP contribution in [0.2, 0.25) is 0 Å². The van der Waals surface area contributed by atoms with Crippen LogP contribution in [0.3, 0.4) is 0 Å². The van der Waals surface area contributed by atoms with E-state index in [9.17, 15) is 9.59 Å². The SMILES string of the molecule is CC(C)(C)OC(=O)NC1CCN(C(=O)N2CCC[C@@H](N)C2)CC1. The van der Waals surface area contributed by atoms with Crippen molar-refractivity contribution in [2.24, 2.45) is 5.73 Å². The average molecular weight is 326 g/mol. The zero-order valence-corrected chi connectivity index (χ0v) is 14.5. The summed E-state index contributed by atoms with van der Waals surface area (Å²) in [6, 6.07) is 0.243. The summed E-state index contributed by atoms with van der Waals surface area (Å²) in [7, 11) is 0. The third-order valence-corrected chi connectivity index (χ3v) is 4.21. The van der Waals surface area contributed by atoms with Gasteiger partial charge in [0.2, 0.25) is 0 Å². The molecule has 0 bridgehead atoms. The van der Waals surface area contributed by atoms with Crippen LogP contribution >= 0.6 is 0 Å². The highest BCUT2D eigenvalue weighted by atomic mass is 16.6. The van der Waals surface area contributed by atoms with E-state index >= 15 is 0 Å². The van der Waals surface area contributed by atoms with E-state index < -0.39 is 5.60 Å². The second-order valence-corrected chi connectivity index (χ2v) is 7.54. The Hall–Kier alpha value is -1.50. The first-order chi connectivity index (χ1) is 10.7. The number of carbonyl (C=O) groups excluding carboxylic acids is 2. The molecule has 2 fully saturated rings. The van der Waals surface area contributed by atoms with Crippen LogP contribution in [-0.2, 0) is 4.74 Å². The Morgan fingerprint density at radius 3 is 2.30 bits per heavy atom. The number of hydrogen-bond acceptors (Lipinski definition) is 4. The number of urea groups is 1. The van der Waals surface area contributed by atoms with Crippen LogP contribution in [0.25, 0.3) is 0 Å². The fourth-order valence-corrected chi connectivity index (χ4v) is 3.07. The summed E-state index contributed by atoms with van der Waals surface area (Å²) in [5.41, 5.74) is 5.45. The molecule has 0 aromatic heterocycles. The van der Waals surface area contributed by atoms with Gasteiger partial charge in [0.1, 0.15) is 5.60 Å². The van der Waals surface area contributed by atoms with Gasteiger partial charge < -0.3 is 25.6 Å². The number of ether oxygens (including phenoxy) is 1. The minimum Gasteiger partial charge on any atom is -0.444 e. The molecule has 7 nitrogen and oxygen atoms in total. The topological polar surface area (TPSA) is 87.9 Å². The molecule has 3 amide bonds. The maximum Gasteiger partial charge on any atom is 0.407 e. The van der Waals surface area contributed by atoms with Gasteiger partial charge in [0.25, 0.3) is 0 Å². The Balaban J connectivity index is 1.75. The first-order valence-electron chi connectivity index (χ1n) is 8.53. The third kappa shape index (κ3) is 5.57. The molecule has 0 unspecified atom stereocenters. The first-order valence-corrected chi connectivity index (χ1v) is 8.53. The number of alkyl carbamates (subject to hydrolysis) is 1. The van der Waals surface area contributed by atoms with Gasteiger partial charge in [0.05, 0.1) is 0 Å². The number of nitrogens with zero attached hydrogens (tertiary/aromatic N) is 2. The Morgan fingerprint density at radius 2 is 1.74 bits per heavy atom. The predicted octanol–water partition coefficient (Wildman–Crippen LogP) is 1.52. The van der Waals surface area contributed by atoms with Crippen molar-refractivity contribution in [3.05, 3.63) is 0 Å². The zero-order chi connectivity index (χ0) is 17.0. The van der Waals surface area contributed by atoms with E-state index in [2.05, 4.69) is 5.32 Å². The maximum atomic E-state index is 12.5. The molecule has 0 aliphatic carbocycles. The van der Waals surface area contributed by atoms with E-state index in [1.165, 1.54) is 0 Å². The monoisotopic (exact) mass is 326 g/mol. The number of nitrogens with two attached hydrogens (primary N) is 1. The number of carbonyl (C=O) groups is 2. The molecule has 2 rings (SSSR count). The van der Waals surface area contributed by atoms with Crippen molar-refractivity contribution in [2.45, 2.75) is 64.1 Å². The molecule has 2 aliphatic heterocycles. The van der Waals surface area contributed by atoms with E-state index in [4.69, 9.17) is 10.5 Å². The highest BCUT2D eigenvalue weighted by Crippen LogP contribution is 2.16. The lowest BCUT2D eigenvalue weighted by atomic mass is 10.0. The molecular formula is C16H30N4O3. The minimum atomic E-state index is -0.492. The first kappa shape index (κ1) is 17.8. The molecule has 132 valence electrons. The van der Waals surface area contributed by atoms with Gasteiger partial charge in [-0.05, 0) is 46.5 Å². The minimum absolute atomic E-state index is 0.0671. The molecule has 1 atom stereocenters. The second-order valence-electron chi connectivity index (χ2n) is 7.54. The molecule has 2 aliphatic rings. The molecule has 0 radical (unpaired) electrons. The lowest BCUT2D eigenvalue weighted by Gasteiger charge is -2.38. The highest BCUT2D eigenvalue weighted by Gasteiger charge is 2.29. The summed E-state index contributed by atoms with van der Waals surface area (Å²) in [5.74, 6) is 0. The molecule has 7 heteroatoms. The lowest BCUT2D eigenvalue weighted by Crippen LogP contribution is -2.54. The Bertz CT molecular complexity index is 428. The molecule has 2 heterocycles. The number of piperidine rings is 2. The van der Waals surface area contributed by atoms with Crippen molar-refractivity contribution in [1.29, 1.82) is 0 Å². The van der Waals surface area contributed by atoms with Gasteiger partial charge in [0, 0.05) is 38.3 Å². The van der Waals surface area contributed by atoms with E-state index in [-0.39, 0.29) is 24.2 Å². The molecule has 23 heavy (non-hydrogen) atoms. The van der Waals surface area contributed by atoms with Crippen molar-refractivity contribution in [3.63, 3.8) is 0 Å². The van der Waals surface area contributed by atoms with Gasteiger partial charge in [-0.2, -0.15) is 0 Å². The fourth-order valence-electron chi connectivity index (χ4n) is 3.07. The van der Waals surface area contributed by atoms with Crippen LogP contribution < -0.4 is 11.1 Å². The van der Waals surface area contributed by atoms with Crippen molar-refractivity contribution in [2.75, 3.05) is 26.2 Å². The highest BCUT2D eigenvalue weighted by molar-refractivity contribution is 5.75. The van der Waals surface area contributed by atoms with Gasteiger partial charge in [-0.25, -0.2) is 9.59 Å². The fraction of sp³-hybridized carbons (Fsp3) is 0.875. The van der Waals surface area contributed by atoms with Crippen LogP contribution in [-0.4, -0.2) is 65.8 Å². The lowest BCUT2D eigenvalue weighted by molar-refractivity contribution is 0.0481. The second kappa shape index (κ2) is 7.38. The van der Waals surface area contributed by atoms with Crippen LogP contribution in [0.4, 0.5) is 9.59 Å². The van der Waals surface area contributed by atoms with Crippen molar-refractivity contribution >= 4 is 12.1 Å². The number of amides is 3. The maximum absolute atomic E-state index is 12.5. The standard InChI is InChI=1S/C16H30N4O3/c1-16(2,3)23-14(21)18-13-6-9-19(10-7-13)15(22)20-8-4-5-12(17)11-20/h12-13H,4-11,17H2,1-3H3,(H,18,21)/t12-/m1/s1. The van der Waals surface area contributed by atoms with Gasteiger partial charge in [-0.1, -0.05) is 0 Å². The van der Waals surface area contributed by atoms with Gasteiger partial charge in [-0.15, -0.1) is 0 Å². The third-order valence-electron chi connectivity index (χ3n) is 4.21. The van der Waals surface area contributed by atoms with Gasteiger partial charge in [-0.3, -0.25) is 0 Å². The summed E-state index contributed by atoms with van der Waals surface area (Å²) in [4.78, 5) is 28.0. The van der Waals surface area contributed by atoms with Crippen LogP contribution in [0.5, 0.6) is 0 Å². The van der Waals surface area contributed by atoms with Crippen molar-refractivity contribution in [1.82, 2.24) is 15.1 Å². The van der Waals surface area contributed by atoms with Gasteiger partial charge in [0.15, 0.2) is 0 Å². The average Bonchev–Trinajstić information content (AvgIpc) is 2.45. The zero-order valence-electron chi connectivity index (χ0n) is 14.5. The summed E-state index contributed by atoms with van der Waals surface area (Å²) >= 11 is 0. The molecule has 0 aromatic carbocycles. The normalized spacial score (nSPS) is 23.6. The summed E-state index contributed by atoms with van der Waals surface area (Å²) in [6.07, 6.45) is 3.09. The van der Waals surface area contributed by atoms with Gasteiger partial charge >= 0.3 is 12.1 Å².